The van der Waals surface area contributed by atoms with Gasteiger partial charge in [-0.15, -0.1) is 0 Å². The molecule has 3 aromatic carbocycles. The van der Waals surface area contributed by atoms with Gasteiger partial charge in [0.2, 0.25) is 0 Å². The molecule has 6 nitrogen and oxygen atoms in total. The highest BCUT2D eigenvalue weighted by molar-refractivity contribution is 6.35. The van der Waals surface area contributed by atoms with E-state index in [1.165, 1.54) is 0 Å². The summed E-state index contributed by atoms with van der Waals surface area (Å²) in [5.74, 6) is 0.186. The first-order valence-electron chi connectivity index (χ1n) is 10.7. The van der Waals surface area contributed by atoms with Crippen LogP contribution < -0.4 is 10.1 Å². The topological polar surface area (TPSA) is 84.3 Å². The largest absolute Gasteiger partial charge is 0.505 e. The Labute approximate surface area is 200 Å². The van der Waals surface area contributed by atoms with Crippen LogP contribution in [0.3, 0.4) is 0 Å². The fraction of sp³-hybridized carbons (Fsp3) is 0.0741. The third kappa shape index (κ3) is 4.23. The maximum Gasteiger partial charge on any atom is 0.258 e. The van der Waals surface area contributed by atoms with E-state index in [0.717, 1.165) is 16.5 Å². The molecule has 0 bridgehead atoms. The summed E-state index contributed by atoms with van der Waals surface area (Å²) in [6, 6.07) is 23.0. The Bertz CT molecular complexity index is 1490. The van der Waals surface area contributed by atoms with Gasteiger partial charge >= 0.3 is 0 Å². The Hall–Kier alpha value is -4.16. The number of ether oxygens (including phenoxy) is 1. The van der Waals surface area contributed by atoms with Gasteiger partial charge in [0.05, 0.1) is 16.6 Å². The summed E-state index contributed by atoms with van der Waals surface area (Å²) < 4.78 is 5.63. The summed E-state index contributed by atoms with van der Waals surface area (Å²) in [4.78, 5) is 21.7. The first kappa shape index (κ1) is 21.7. The fourth-order valence-corrected chi connectivity index (χ4v) is 4.27. The Balaban J connectivity index is 1.59. The van der Waals surface area contributed by atoms with Crippen LogP contribution in [-0.4, -0.2) is 27.6 Å². The van der Waals surface area contributed by atoms with Crippen molar-refractivity contribution in [1.82, 2.24) is 15.3 Å². The number of phenols is 1. The lowest BCUT2D eigenvalue weighted by Gasteiger charge is -2.23. The van der Waals surface area contributed by atoms with E-state index in [1.54, 1.807) is 42.7 Å². The highest BCUT2D eigenvalue weighted by Gasteiger charge is 2.25. The van der Waals surface area contributed by atoms with E-state index in [-0.39, 0.29) is 18.3 Å². The summed E-state index contributed by atoms with van der Waals surface area (Å²) in [6.45, 7) is -0.191. The number of fused-ring (bicyclic) bond motifs is 2. The van der Waals surface area contributed by atoms with Gasteiger partial charge in [-0.1, -0.05) is 48.0 Å². The van der Waals surface area contributed by atoms with Crippen LogP contribution in [0, 0.1) is 0 Å². The number of nitrogens with zero attached hydrogens (tertiary/aromatic N) is 2. The number of rotatable bonds is 6. The molecule has 168 valence electrons. The molecule has 0 aliphatic heterocycles. The summed E-state index contributed by atoms with van der Waals surface area (Å²) in [5, 5.41) is 16.1. The molecule has 2 heterocycles. The lowest BCUT2D eigenvalue weighted by molar-refractivity contribution is -0.123. The van der Waals surface area contributed by atoms with Crippen LogP contribution in [0.15, 0.2) is 91.3 Å². The molecule has 0 aliphatic rings. The Kier molecular flexibility index (Phi) is 5.97. The van der Waals surface area contributed by atoms with Crippen molar-refractivity contribution in [3.05, 3.63) is 107 Å². The van der Waals surface area contributed by atoms with Crippen molar-refractivity contribution in [3.63, 3.8) is 0 Å². The number of benzene rings is 3. The van der Waals surface area contributed by atoms with Crippen molar-refractivity contribution in [2.24, 2.45) is 0 Å². The molecule has 0 spiro atoms. The SMILES string of the molecule is O=C(COc1ccccc1)NC(c1cc(Cl)c2cccnc2c1O)c1cccc2ncccc12. The number of aromatic hydroxyl groups is 1. The smallest absolute Gasteiger partial charge is 0.258 e. The molecule has 1 unspecified atom stereocenters. The number of nitrogens with one attached hydrogen (secondary N) is 1. The molecule has 34 heavy (non-hydrogen) atoms. The molecule has 5 aromatic rings. The number of hydrogen-bond acceptors (Lipinski definition) is 5. The van der Waals surface area contributed by atoms with Crippen molar-refractivity contribution < 1.29 is 14.6 Å². The van der Waals surface area contributed by atoms with Crippen LogP contribution in [0.25, 0.3) is 21.8 Å². The summed E-state index contributed by atoms with van der Waals surface area (Å²) in [7, 11) is 0. The fourth-order valence-electron chi connectivity index (χ4n) is 4.00. The van der Waals surface area contributed by atoms with Crippen molar-refractivity contribution in [1.29, 1.82) is 0 Å². The Morgan fingerprint density at radius 2 is 1.68 bits per heavy atom. The molecule has 0 radical (unpaired) electrons. The van der Waals surface area contributed by atoms with E-state index in [2.05, 4.69) is 15.3 Å². The van der Waals surface area contributed by atoms with E-state index in [9.17, 15) is 9.90 Å². The molecule has 1 amide bonds. The number of para-hydroxylation sites is 1. The van der Waals surface area contributed by atoms with Crippen LogP contribution in [0.1, 0.15) is 17.2 Å². The number of pyridine rings is 2. The third-order valence-corrected chi connectivity index (χ3v) is 5.88. The maximum atomic E-state index is 13.0. The summed E-state index contributed by atoms with van der Waals surface area (Å²) in [6.07, 6.45) is 3.30. The van der Waals surface area contributed by atoms with E-state index in [1.807, 2.05) is 48.5 Å². The number of phenolic OH excluding ortho intramolecular Hbond substituents is 1. The van der Waals surface area contributed by atoms with Crippen LogP contribution in [-0.2, 0) is 4.79 Å². The predicted molar refractivity (Wildman–Crippen MR) is 132 cm³/mol. The number of halogens is 1. The first-order valence-corrected chi connectivity index (χ1v) is 11.1. The van der Waals surface area contributed by atoms with Crippen LogP contribution in [0.4, 0.5) is 0 Å². The van der Waals surface area contributed by atoms with E-state index < -0.39 is 6.04 Å². The van der Waals surface area contributed by atoms with Gasteiger partial charge in [0.25, 0.3) is 5.91 Å². The molecule has 0 saturated heterocycles. The zero-order valence-electron chi connectivity index (χ0n) is 18.0. The molecular formula is C27H20ClN3O3. The zero-order chi connectivity index (χ0) is 23.5. The average Bonchev–Trinajstić information content (AvgIpc) is 2.89. The van der Waals surface area contributed by atoms with Crippen molar-refractivity contribution >= 4 is 39.3 Å². The molecule has 0 fully saturated rings. The number of hydrogen-bond donors (Lipinski definition) is 2. The van der Waals surface area contributed by atoms with Gasteiger partial charge in [-0.05, 0) is 48.0 Å². The second-order valence-corrected chi connectivity index (χ2v) is 8.12. The number of amides is 1. The molecule has 2 aromatic heterocycles. The zero-order valence-corrected chi connectivity index (χ0v) is 18.7. The van der Waals surface area contributed by atoms with Crippen molar-refractivity contribution in [2.45, 2.75) is 6.04 Å². The minimum Gasteiger partial charge on any atom is -0.505 e. The van der Waals surface area contributed by atoms with E-state index >= 15 is 0 Å². The molecule has 5 rings (SSSR count). The lowest BCUT2D eigenvalue weighted by Crippen LogP contribution is -2.33. The Morgan fingerprint density at radius 3 is 2.50 bits per heavy atom. The lowest BCUT2D eigenvalue weighted by atomic mass is 9.93. The maximum absolute atomic E-state index is 13.0. The van der Waals surface area contributed by atoms with Gasteiger partial charge in [0.15, 0.2) is 6.61 Å². The number of aromatic nitrogens is 2. The third-order valence-electron chi connectivity index (χ3n) is 5.56. The first-order chi connectivity index (χ1) is 16.6. The minimum atomic E-state index is -0.719. The van der Waals surface area contributed by atoms with E-state index in [4.69, 9.17) is 16.3 Å². The standard InChI is InChI=1S/C27H20ClN3O3/c28-22-15-21(27(33)26-20(22)11-6-14-30-26)25(19-9-4-12-23-18(19)10-5-13-29-23)31-24(32)16-34-17-7-2-1-3-8-17/h1-15,25,33H,16H2,(H,31,32). The van der Waals surface area contributed by atoms with Crippen LogP contribution in [0.2, 0.25) is 5.02 Å². The average molecular weight is 470 g/mol. The number of carbonyl (C=O) groups excluding carboxylic acids is 1. The molecule has 0 saturated carbocycles. The van der Waals surface area contributed by atoms with Gasteiger partial charge < -0.3 is 15.2 Å². The predicted octanol–water partition coefficient (Wildman–Crippen LogP) is 5.43. The highest BCUT2D eigenvalue weighted by Crippen LogP contribution is 2.39. The van der Waals surface area contributed by atoms with Gasteiger partial charge in [-0.2, -0.15) is 0 Å². The highest BCUT2D eigenvalue weighted by atomic mass is 35.5. The second-order valence-electron chi connectivity index (χ2n) is 7.72. The van der Waals surface area contributed by atoms with Gasteiger partial charge in [0.1, 0.15) is 17.0 Å². The summed E-state index contributed by atoms with van der Waals surface area (Å²) in [5.41, 5.74) is 2.33. The Morgan fingerprint density at radius 1 is 0.912 bits per heavy atom. The van der Waals surface area contributed by atoms with Gasteiger partial charge in [0, 0.05) is 28.7 Å². The molecule has 2 N–H and O–H groups in total. The quantitative estimate of drug-likeness (QED) is 0.346. The van der Waals surface area contributed by atoms with Crippen molar-refractivity contribution in [2.75, 3.05) is 6.61 Å². The molecule has 1 atom stereocenters. The van der Waals surface area contributed by atoms with Gasteiger partial charge in [-0.25, -0.2) is 0 Å². The minimum absolute atomic E-state index is 0.0461. The molecular weight excluding hydrogens is 450 g/mol. The monoisotopic (exact) mass is 469 g/mol. The van der Waals surface area contributed by atoms with E-state index in [0.29, 0.717) is 27.2 Å². The van der Waals surface area contributed by atoms with Crippen LogP contribution in [0.5, 0.6) is 11.5 Å². The number of carbonyl (C=O) groups is 1. The van der Waals surface area contributed by atoms with Crippen LogP contribution >= 0.6 is 11.6 Å². The normalized spacial score (nSPS) is 11.9. The molecule has 7 heteroatoms. The van der Waals surface area contributed by atoms with Crippen molar-refractivity contribution in [3.8, 4) is 11.5 Å². The second kappa shape index (κ2) is 9.37. The summed E-state index contributed by atoms with van der Waals surface area (Å²) >= 11 is 6.56. The molecule has 0 aliphatic carbocycles. The van der Waals surface area contributed by atoms with Gasteiger partial charge in [-0.3, -0.25) is 14.8 Å².